The molecule has 2 rings (SSSR count). The standard InChI is InChI=1S/C18H21IN2O3S/c1-11-7-6-8-15(17(11)19)18(22)20-16-10-14(9-12(2)13(16)3)25(23,24)21(4)5/h6-10H,1-5H3,(H,20,22). The Morgan fingerprint density at radius 3 is 2.32 bits per heavy atom. The maximum absolute atomic E-state index is 12.7. The lowest BCUT2D eigenvalue weighted by molar-refractivity contribution is 0.102. The molecule has 0 bridgehead atoms. The first kappa shape index (κ1) is 19.9. The van der Waals surface area contributed by atoms with E-state index < -0.39 is 10.0 Å². The first-order valence-electron chi connectivity index (χ1n) is 7.66. The normalized spacial score (nSPS) is 11.6. The second kappa shape index (κ2) is 7.43. The van der Waals surface area contributed by atoms with Crippen LogP contribution in [0.2, 0.25) is 0 Å². The molecule has 0 saturated heterocycles. The summed E-state index contributed by atoms with van der Waals surface area (Å²) in [5, 5.41) is 2.86. The van der Waals surface area contributed by atoms with E-state index in [0.29, 0.717) is 11.3 Å². The number of nitrogens with zero attached hydrogens (tertiary/aromatic N) is 1. The summed E-state index contributed by atoms with van der Waals surface area (Å²) in [4.78, 5) is 12.8. The van der Waals surface area contributed by atoms with E-state index >= 15 is 0 Å². The van der Waals surface area contributed by atoms with Crippen molar-refractivity contribution in [3.8, 4) is 0 Å². The Balaban J connectivity index is 2.48. The predicted octanol–water partition coefficient (Wildman–Crippen LogP) is 3.72. The fraction of sp³-hybridized carbons (Fsp3) is 0.278. The lowest BCUT2D eigenvalue weighted by atomic mass is 10.1. The van der Waals surface area contributed by atoms with Crippen LogP contribution in [0.1, 0.15) is 27.0 Å². The molecule has 0 heterocycles. The largest absolute Gasteiger partial charge is 0.322 e. The van der Waals surface area contributed by atoms with Crippen LogP contribution in [-0.4, -0.2) is 32.7 Å². The van der Waals surface area contributed by atoms with E-state index in [0.717, 1.165) is 24.6 Å². The lowest BCUT2D eigenvalue weighted by Gasteiger charge is -2.17. The fourth-order valence-electron chi connectivity index (χ4n) is 2.33. The number of sulfonamides is 1. The molecule has 1 amide bonds. The van der Waals surface area contributed by atoms with Crippen molar-refractivity contribution in [3.63, 3.8) is 0 Å². The number of rotatable bonds is 4. The van der Waals surface area contributed by atoms with Gasteiger partial charge in [0.15, 0.2) is 0 Å². The predicted molar refractivity (Wildman–Crippen MR) is 109 cm³/mol. The molecule has 5 nitrogen and oxygen atoms in total. The van der Waals surface area contributed by atoms with Crippen molar-refractivity contribution >= 4 is 44.2 Å². The molecule has 0 aliphatic heterocycles. The van der Waals surface area contributed by atoms with Crippen LogP contribution in [0.3, 0.4) is 0 Å². The van der Waals surface area contributed by atoms with Crippen molar-refractivity contribution in [3.05, 3.63) is 56.2 Å². The lowest BCUT2D eigenvalue weighted by Crippen LogP contribution is -2.23. The van der Waals surface area contributed by atoms with Crippen LogP contribution in [0.4, 0.5) is 5.69 Å². The van der Waals surface area contributed by atoms with Crippen molar-refractivity contribution in [2.24, 2.45) is 0 Å². The minimum absolute atomic E-state index is 0.162. The summed E-state index contributed by atoms with van der Waals surface area (Å²) >= 11 is 2.14. The highest BCUT2D eigenvalue weighted by molar-refractivity contribution is 14.1. The van der Waals surface area contributed by atoms with E-state index in [-0.39, 0.29) is 10.8 Å². The third-order valence-corrected chi connectivity index (χ3v) is 7.33. The third kappa shape index (κ3) is 4.04. The Labute approximate surface area is 162 Å². The van der Waals surface area contributed by atoms with E-state index in [1.54, 1.807) is 12.1 Å². The average molecular weight is 472 g/mol. The first-order chi connectivity index (χ1) is 11.6. The number of amides is 1. The van der Waals surface area contributed by atoms with E-state index in [1.165, 1.54) is 20.2 Å². The Hall–Kier alpha value is -1.45. The molecular weight excluding hydrogens is 451 g/mol. The van der Waals surface area contributed by atoms with Gasteiger partial charge in [0, 0.05) is 23.4 Å². The number of carbonyl (C=O) groups excluding carboxylic acids is 1. The SMILES string of the molecule is Cc1cc(S(=O)(=O)N(C)C)cc(NC(=O)c2cccc(C)c2I)c1C. The molecule has 0 unspecified atom stereocenters. The van der Waals surface area contributed by atoms with E-state index in [4.69, 9.17) is 0 Å². The van der Waals surface area contributed by atoms with Crippen LogP contribution >= 0.6 is 22.6 Å². The second-order valence-electron chi connectivity index (χ2n) is 6.09. The molecule has 0 radical (unpaired) electrons. The summed E-state index contributed by atoms with van der Waals surface area (Å²) in [7, 11) is -0.605. The van der Waals surface area contributed by atoms with E-state index in [1.807, 2.05) is 32.9 Å². The Bertz CT molecular complexity index is 938. The molecular formula is C18H21IN2O3S. The van der Waals surface area contributed by atoms with Crippen LogP contribution in [0, 0.1) is 24.3 Å². The van der Waals surface area contributed by atoms with Gasteiger partial charge in [-0.2, -0.15) is 0 Å². The molecule has 0 aliphatic carbocycles. The van der Waals surface area contributed by atoms with Gasteiger partial charge in [0.2, 0.25) is 10.0 Å². The molecule has 0 spiro atoms. The minimum Gasteiger partial charge on any atom is -0.322 e. The Morgan fingerprint density at radius 2 is 1.72 bits per heavy atom. The van der Waals surface area contributed by atoms with Crippen LogP contribution in [0.25, 0.3) is 0 Å². The van der Waals surface area contributed by atoms with Gasteiger partial charge in [-0.05, 0) is 78.3 Å². The summed E-state index contributed by atoms with van der Waals surface area (Å²) < 4.78 is 26.9. The maximum atomic E-state index is 12.7. The highest BCUT2D eigenvalue weighted by Gasteiger charge is 2.21. The Morgan fingerprint density at radius 1 is 1.08 bits per heavy atom. The number of hydrogen-bond donors (Lipinski definition) is 1. The molecule has 0 fully saturated rings. The molecule has 0 saturated carbocycles. The first-order valence-corrected chi connectivity index (χ1v) is 10.2. The molecule has 134 valence electrons. The third-order valence-electron chi connectivity index (χ3n) is 4.10. The molecule has 2 aromatic rings. The molecule has 7 heteroatoms. The van der Waals surface area contributed by atoms with Crippen LogP contribution < -0.4 is 5.32 Å². The summed E-state index contributed by atoms with van der Waals surface area (Å²) in [6, 6.07) is 8.66. The van der Waals surface area contributed by atoms with Gasteiger partial charge in [-0.25, -0.2) is 12.7 Å². The van der Waals surface area contributed by atoms with Crippen LogP contribution in [0.15, 0.2) is 35.2 Å². The number of hydrogen-bond acceptors (Lipinski definition) is 3. The van der Waals surface area contributed by atoms with Gasteiger partial charge in [0.25, 0.3) is 5.91 Å². The topological polar surface area (TPSA) is 66.5 Å². The van der Waals surface area contributed by atoms with Crippen molar-refractivity contribution in [2.75, 3.05) is 19.4 Å². The van der Waals surface area contributed by atoms with Crippen molar-refractivity contribution in [1.29, 1.82) is 0 Å². The molecule has 0 aromatic heterocycles. The van der Waals surface area contributed by atoms with Crippen molar-refractivity contribution in [2.45, 2.75) is 25.7 Å². The zero-order chi connectivity index (χ0) is 18.9. The zero-order valence-electron chi connectivity index (χ0n) is 14.8. The number of nitrogens with one attached hydrogen (secondary N) is 1. The van der Waals surface area contributed by atoms with E-state index in [2.05, 4.69) is 27.9 Å². The monoisotopic (exact) mass is 472 g/mol. The van der Waals surface area contributed by atoms with Crippen molar-refractivity contribution < 1.29 is 13.2 Å². The van der Waals surface area contributed by atoms with Gasteiger partial charge in [-0.1, -0.05) is 12.1 Å². The quantitative estimate of drug-likeness (QED) is 0.690. The van der Waals surface area contributed by atoms with E-state index in [9.17, 15) is 13.2 Å². The number of halogens is 1. The second-order valence-corrected chi connectivity index (χ2v) is 9.32. The number of carbonyl (C=O) groups is 1. The summed E-state index contributed by atoms with van der Waals surface area (Å²) in [5.41, 5.74) is 3.73. The number of anilines is 1. The molecule has 25 heavy (non-hydrogen) atoms. The fourth-order valence-corrected chi connectivity index (χ4v) is 3.95. The summed E-state index contributed by atoms with van der Waals surface area (Å²) in [6.07, 6.45) is 0. The number of aryl methyl sites for hydroxylation is 2. The van der Waals surface area contributed by atoms with Gasteiger partial charge in [-0.3, -0.25) is 4.79 Å². The minimum atomic E-state index is -3.57. The maximum Gasteiger partial charge on any atom is 0.256 e. The molecule has 0 aliphatic rings. The highest BCUT2D eigenvalue weighted by atomic mass is 127. The van der Waals surface area contributed by atoms with Gasteiger partial charge in [0.05, 0.1) is 10.5 Å². The van der Waals surface area contributed by atoms with Crippen LogP contribution in [0.5, 0.6) is 0 Å². The smallest absolute Gasteiger partial charge is 0.256 e. The van der Waals surface area contributed by atoms with Gasteiger partial charge < -0.3 is 5.32 Å². The molecule has 1 N–H and O–H groups in total. The van der Waals surface area contributed by atoms with Gasteiger partial charge in [-0.15, -0.1) is 0 Å². The molecule has 0 atom stereocenters. The highest BCUT2D eigenvalue weighted by Crippen LogP contribution is 2.26. The number of benzene rings is 2. The average Bonchev–Trinajstić information content (AvgIpc) is 2.53. The Kier molecular flexibility index (Phi) is 5.90. The van der Waals surface area contributed by atoms with Crippen LogP contribution in [-0.2, 0) is 10.0 Å². The summed E-state index contributed by atoms with van der Waals surface area (Å²) in [5.74, 6) is -0.255. The molecule has 2 aromatic carbocycles. The van der Waals surface area contributed by atoms with Crippen molar-refractivity contribution in [1.82, 2.24) is 4.31 Å². The zero-order valence-corrected chi connectivity index (χ0v) is 17.8. The van der Waals surface area contributed by atoms with Gasteiger partial charge in [0.1, 0.15) is 0 Å². The van der Waals surface area contributed by atoms with Gasteiger partial charge >= 0.3 is 0 Å². The summed E-state index contributed by atoms with van der Waals surface area (Å²) in [6.45, 7) is 5.63.